The van der Waals surface area contributed by atoms with Gasteiger partial charge in [0.05, 0.1) is 6.54 Å². The molecule has 1 aliphatic carbocycles. The normalized spacial score (nSPS) is 19.9. The van der Waals surface area contributed by atoms with Gasteiger partial charge in [-0.2, -0.15) is 0 Å². The molecule has 1 atom stereocenters. The quantitative estimate of drug-likeness (QED) is 0.482. The zero-order valence-electron chi connectivity index (χ0n) is 15.9. The molecule has 1 aliphatic rings. The van der Waals surface area contributed by atoms with Gasteiger partial charge in [-0.25, -0.2) is 4.79 Å². The van der Waals surface area contributed by atoms with Crippen molar-refractivity contribution in [1.29, 1.82) is 0 Å². The standard InChI is InChI=1S/C19H29N3O5/c1-3-22(11-18(24)25)15-8-14(9-15)21-19(26)20-10-16(23)12-27-17-6-4-5-13(2)7-17/h4-7,14-16,23H,3,8-12H2,1-2H3,(H,24,25)(H2,20,21,26). The van der Waals surface area contributed by atoms with Gasteiger partial charge in [0.2, 0.25) is 0 Å². The Hall–Kier alpha value is -2.32. The summed E-state index contributed by atoms with van der Waals surface area (Å²) in [5, 5.41) is 24.3. The first-order valence-electron chi connectivity index (χ1n) is 9.25. The molecule has 4 N–H and O–H groups in total. The van der Waals surface area contributed by atoms with E-state index in [1.165, 1.54) is 0 Å². The van der Waals surface area contributed by atoms with Crippen LogP contribution in [0.25, 0.3) is 0 Å². The minimum atomic E-state index is -0.840. The number of nitrogens with zero attached hydrogens (tertiary/aromatic N) is 1. The van der Waals surface area contributed by atoms with Crippen molar-refractivity contribution >= 4 is 12.0 Å². The zero-order chi connectivity index (χ0) is 19.8. The highest BCUT2D eigenvalue weighted by molar-refractivity contribution is 5.74. The second kappa shape index (κ2) is 10.1. The fourth-order valence-corrected chi connectivity index (χ4v) is 3.08. The van der Waals surface area contributed by atoms with Crippen molar-refractivity contribution in [2.45, 2.75) is 44.9 Å². The third-order valence-corrected chi connectivity index (χ3v) is 4.64. The van der Waals surface area contributed by atoms with Crippen molar-refractivity contribution in [3.05, 3.63) is 29.8 Å². The van der Waals surface area contributed by atoms with E-state index in [0.29, 0.717) is 12.3 Å². The fourth-order valence-electron chi connectivity index (χ4n) is 3.08. The molecule has 2 rings (SSSR count). The lowest BCUT2D eigenvalue weighted by atomic mass is 9.85. The molecule has 0 radical (unpaired) electrons. The number of hydrogen-bond donors (Lipinski definition) is 4. The molecule has 1 unspecified atom stereocenters. The summed E-state index contributed by atoms with van der Waals surface area (Å²) in [7, 11) is 0. The van der Waals surface area contributed by atoms with Crippen molar-refractivity contribution < 1.29 is 24.5 Å². The Morgan fingerprint density at radius 1 is 1.37 bits per heavy atom. The third kappa shape index (κ3) is 7.07. The first-order chi connectivity index (χ1) is 12.9. The number of likely N-dealkylation sites (N-methyl/N-ethyl adjacent to an activating group) is 1. The maximum Gasteiger partial charge on any atom is 0.317 e. The molecule has 150 valence electrons. The number of benzene rings is 1. The summed E-state index contributed by atoms with van der Waals surface area (Å²) in [4.78, 5) is 24.6. The lowest BCUT2D eigenvalue weighted by Crippen LogP contribution is -2.56. The Balaban J connectivity index is 1.60. The van der Waals surface area contributed by atoms with E-state index in [4.69, 9.17) is 9.84 Å². The highest BCUT2D eigenvalue weighted by Crippen LogP contribution is 2.25. The van der Waals surface area contributed by atoms with Gasteiger partial charge >= 0.3 is 12.0 Å². The number of carboxylic acids is 1. The Labute approximate surface area is 159 Å². The molecule has 0 aromatic heterocycles. The van der Waals surface area contributed by atoms with E-state index in [9.17, 15) is 14.7 Å². The molecular formula is C19H29N3O5. The predicted octanol–water partition coefficient (Wildman–Crippen LogP) is 0.971. The average Bonchev–Trinajstić information content (AvgIpc) is 2.59. The molecule has 1 aromatic rings. The smallest absolute Gasteiger partial charge is 0.317 e. The monoisotopic (exact) mass is 379 g/mol. The molecule has 1 aromatic carbocycles. The van der Waals surface area contributed by atoms with E-state index in [2.05, 4.69) is 10.6 Å². The van der Waals surface area contributed by atoms with Crippen molar-refractivity contribution in [2.75, 3.05) is 26.2 Å². The minimum absolute atomic E-state index is 0.0210. The highest BCUT2D eigenvalue weighted by atomic mass is 16.5. The number of aliphatic carboxylic acids is 1. The van der Waals surface area contributed by atoms with Gasteiger partial charge in [0.15, 0.2) is 0 Å². The molecule has 27 heavy (non-hydrogen) atoms. The molecule has 0 saturated heterocycles. The van der Waals surface area contributed by atoms with Gasteiger partial charge in [-0.15, -0.1) is 0 Å². The van der Waals surface area contributed by atoms with E-state index >= 15 is 0 Å². The van der Waals surface area contributed by atoms with E-state index < -0.39 is 12.1 Å². The summed E-state index contributed by atoms with van der Waals surface area (Å²) in [5.74, 6) is -0.159. The second-order valence-electron chi connectivity index (χ2n) is 6.91. The van der Waals surface area contributed by atoms with Gasteiger partial charge in [-0.1, -0.05) is 19.1 Å². The van der Waals surface area contributed by atoms with Crippen LogP contribution in [-0.4, -0.2) is 71.5 Å². The number of carbonyl (C=O) groups excluding carboxylic acids is 1. The lowest BCUT2D eigenvalue weighted by Gasteiger charge is -2.42. The van der Waals surface area contributed by atoms with Crippen LogP contribution in [0.2, 0.25) is 0 Å². The van der Waals surface area contributed by atoms with Crippen molar-refractivity contribution in [3.63, 3.8) is 0 Å². The van der Waals surface area contributed by atoms with Crippen LogP contribution in [0.1, 0.15) is 25.3 Å². The summed E-state index contributed by atoms with van der Waals surface area (Å²) in [6.07, 6.45) is 0.651. The number of amides is 2. The maximum atomic E-state index is 11.9. The largest absolute Gasteiger partial charge is 0.491 e. The lowest BCUT2D eigenvalue weighted by molar-refractivity contribution is -0.139. The van der Waals surface area contributed by atoms with Crippen LogP contribution < -0.4 is 15.4 Å². The van der Waals surface area contributed by atoms with Crippen LogP contribution in [0.4, 0.5) is 4.79 Å². The molecule has 1 fully saturated rings. The highest BCUT2D eigenvalue weighted by Gasteiger charge is 2.34. The number of carboxylic acid groups (broad SMARTS) is 1. The van der Waals surface area contributed by atoms with Crippen LogP contribution >= 0.6 is 0 Å². The summed E-state index contributed by atoms with van der Waals surface area (Å²) >= 11 is 0. The number of hydrogen-bond acceptors (Lipinski definition) is 5. The van der Waals surface area contributed by atoms with E-state index in [-0.39, 0.29) is 37.8 Å². The van der Waals surface area contributed by atoms with Gasteiger partial charge in [-0.05, 0) is 44.0 Å². The Morgan fingerprint density at radius 3 is 2.74 bits per heavy atom. The number of aliphatic hydroxyl groups excluding tert-OH is 1. The molecule has 2 amide bonds. The predicted molar refractivity (Wildman–Crippen MR) is 101 cm³/mol. The van der Waals surface area contributed by atoms with Gasteiger partial charge < -0.3 is 25.6 Å². The maximum absolute atomic E-state index is 11.9. The number of rotatable bonds is 10. The zero-order valence-corrected chi connectivity index (χ0v) is 15.9. The van der Waals surface area contributed by atoms with Crippen LogP contribution in [0.3, 0.4) is 0 Å². The molecule has 0 spiro atoms. The van der Waals surface area contributed by atoms with Gasteiger partial charge in [0.1, 0.15) is 18.5 Å². The molecule has 8 nitrogen and oxygen atoms in total. The van der Waals surface area contributed by atoms with Crippen LogP contribution in [-0.2, 0) is 4.79 Å². The number of ether oxygens (including phenoxy) is 1. The Morgan fingerprint density at radius 2 is 2.11 bits per heavy atom. The summed E-state index contributed by atoms with van der Waals surface area (Å²) in [6.45, 7) is 4.76. The summed E-state index contributed by atoms with van der Waals surface area (Å²) in [6, 6.07) is 7.41. The van der Waals surface area contributed by atoms with E-state index in [0.717, 1.165) is 18.4 Å². The number of nitrogens with one attached hydrogen (secondary N) is 2. The Bertz CT molecular complexity index is 634. The second-order valence-corrected chi connectivity index (χ2v) is 6.91. The number of aliphatic hydroxyl groups is 1. The molecule has 1 saturated carbocycles. The van der Waals surface area contributed by atoms with E-state index in [1.54, 1.807) is 0 Å². The molecule has 8 heteroatoms. The van der Waals surface area contributed by atoms with Gasteiger partial charge in [0.25, 0.3) is 0 Å². The minimum Gasteiger partial charge on any atom is -0.491 e. The third-order valence-electron chi connectivity index (χ3n) is 4.64. The molecule has 0 heterocycles. The fraction of sp³-hybridized carbons (Fsp3) is 0.579. The Kier molecular flexibility index (Phi) is 7.87. The summed E-state index contributed by atoms with van der Waals surface area (Å²) < 4.78 is 5.50. The van der Waals surface area contributed by atoms with Crippen molar-refractivity contribution in [2.24, 2.45) is 0 Å². The first-order valence-corrected chi connectivity index (χ1v) is 9.25. The van der Waals surface area contributed by atoms with Crippen molar-refractivity contribution in [3.8, 4) is 5.75 Å². The van der Waals surface area contributed by atoms with Gasteiger partial charge in [0, 0.05) is 18.6 Å². The molecule has 0 bridgehead atoms. The molecule has 0 aliphatic heterocycles. The summed E-state index contributed by atoms with van der Waals surface area (Å²) in [5.41, 5.74) is 1.07. The van der Waals surface area contributed by atoms with Crippen molar-refractivity contribution in [1.82, 2.24) is 15.5 Å². The first kappa shape index (κ1) is 21.0. The number of carbonyl (C=O) groups is 2. The van der Waals surface area contributed by atoms with Gasteiger partial charge in [-0.3, -0.25) is 9.69 Å². The number of aryl methyl sites for hydroxylation is 1. The van der Waals surface area contributed by atoms with Crippen LogP contribution in [0.5, 0.6) is 5.75 Å². The van der Waals surface area contributed by atoms with Crippen LogP contribution in [0.15, 0.2) is 24.3 Å². The van der Waals surface area contributed by atoms with Crippen LogP contribution in [0, 0.1) is 6.92 Å². The SMILES string of the molecule is CCN(CC(=O)O)C1CC(NC(=O)NCC(O)COc2cccc(C)c2)C1. The number of urea groups is 1. The topological polar surface area (TPSA) is 111 Å². The molecular weight excluding hydrogens is 350 g/mol. The van der Waals surface area contributed by atoms with E-state index in [1.807, 2.05) is 43.0 Å². The average molecular weight is 379 g/mol.